The third kappa shape index (κ3) is 2.00. The van der Waals surface area contributed by atoms with E-state index in [-0.39, 0.29) is 0 Å². The first kappa shape index (κ1) is 10.1. The Morgan fingerprint density at radius 3 is 2.67 bits per heavy atom. The molecule has 1 heterocycles. The highest BCUT2D eigenvalue weighted by molar-refractivity contribution is 5.94. The van der Waals surface area contributed by atoms with Crippen LogP contribution in [0.4, 0.5) is 0 Å². The van der Waals surface area contributed by atoms with Gasteiger partial charge in [0.05, 0.1) is 13.2 Å². The molecule has 0 saturated carbocycles. The van der Waals surface area contributed by atoms with Crippen LogP contribution < -0.4 is 5.73 Å². The van der Waals surface area contributed by atoms with Crippen molar-refractivity contribution in [2.45, 2.75) is 12.0 Å². The van der Waals surface area contributed by atoms with E-state index < -0.39 is 11.5 Å². The number of benzene rings is 1. The summed E-state index contributed by atoms with van der Waals surface area (Å²) in [5.74, 6) is -0.463. The van der Waals surface area contributed by atoms with E-state index in [1.165, 1.54) is 0 Å². The van der Waals surface area contributed by atoms with Crippen molar-refractivity contribution < 1.29 is 14.6 Å². The first-order valence-corrected chi connectivity index (χ1v) is 4.79. The maximum atomic E-state index is 11.1. The van der Waals surface area contributed by atoms with Crippen LogP contribution in [-0.2, 0) is 11.2 Å². The lowest BCUT2D eigenvalue weighted by Crippen LogP contribution is -2.51. The van der Waals surface area contributed by atoms with E-state index in [0.717, 1.165) is 5.56 Å². The van der Waals surface area contributed by atoms with E-state index in [0.29, 0.717) is 25.2 Å². The Morgan fingerprint density at radius 2 is 2.13 bits per heavy atom. The molecule has 1 saturated heterocycles. The fraction of sp³-hybridized carbons (Fsp3) is 0.364. The predicted molar refractivity (Wildman–Crippen MR) is 54.4 cm³/mol. The van der Waals surface area contributed by atoms with Crippen molar-refractivity contribution >= 4 is 5.91 Å². The van der Waals surface area contributed by atoms with Crippen LogP contribution in [0, 0.1) is 0 Å². The minimum atomic E-state index is -0.828. The van der Waals surface area contributed by atoms with Crippen LogP contribution in [0.3, 0.4) is 0 Å². The van der Waals surface area contributed by atoms with Crippen molar-refractivity contribution in [2.75, 3.05) is 13.2 Å². The van der Waals surface area contributed by atoms with Gasteiger partial charge in [-0.15, -0.1) is 0 Å². The topological polar surface area (TPSA) is 72.6 Å². The molecular formula is C11H13NO3. The number of aliphatic hydroxyl groups is 1. The molecule has 0 aromatic heterocycles. The Morgan fingerprint density at radius 1 is 1.47 bits per heavy atom. The molecule has 2 rings (SSSR count). The van der Waals surface area contributed by atoms with Crippen LogP contribution in [0.25, 0.3) is 0 Å². The summed E-state index contributed by atoms with van der Waals surface area (Å²) in [4.78, 5) is 11.1. The summed E-state index contributed by atoms with van der Waals surface area (Å²) in [6.07, 6.45) is 0.409. The normalized spacial score (nSPS) is 18.2. The smallest absolute Gasteiger partial charge is 0.248 e. The molecule has 1 amide bonds. The zero-order valence-electron chi connectivity index (χ0n) is 8.27. The molecule has 0 spiro atoms. The monoisotopic (exact) mass is 207 g/mol. The second-order valence-electron chi connectivity index (χ2n) is 3.92. The number of hydrogen-bond donors (Lipinski definition) is 2. The molecule has 1 fully saturated rings. The van der Waals surface area contributed by atoms with Gasteiger partial charge in [-0.25, -0.2) is 0 Å². The first-order chi connectivity index (χ1) is 7.11. The van der Waals surface area contributed by atoms with Crippen LogP contribution >= 0.6 is 0 Å². The van der Waals surface area contributed by atoms with Gasteiger partial charge in [0.1, 0.15) is 5.60 Å². The SMILES string of the molecule is NC(=O)c1ccccc1CC1(O)COC1. The fourth-order valence-electron chi connectivity index (χ4n) is 1.71. The Balaban J connectivity index is 2.23. The lowest BCUT2D eigenvalue weighted by molar-refractivity contribution is -0.176. The zero-order valence-corrected chi connectivity index (χ0v) is 8.27. The number of carbonyl (C=O) groups excluding carboxylic acids is 1. The highest BCUT2D eigenvalue weighted by atomic mass is 16.5. The number of hydrogen-bond acceptors (Lipinski definition) is 3. The summed E-state index contributed by atoms with van der Waals surface area (Å²) >= 11 is 0. The van der Waals surface area contributed by atoms with Crippen LogP contribution in [-0.4, -0.2) is 29.8 Å². The largest absolute Gasteiger partial charge is 0.385 e. The molecule has 1 aromatic carbocycles. The van der Waals surface area contributed by atoms with Crippen LogP contribution in [0.2, 0.25) is 0 Å². The van der Waals surface area contributed by atoms with Crippen LogP contribution in [0.1, 0.15) is 15.9 Å². The lowest BCUT2D eigenvalue weighted by atomic mass is 9.90. The van der Waals surface area contributed by atoms with Gasteiger partial charge in [0.2, 0.25) is 5.91 Å². The van der Waals surface area contributed by atoms with Crippen molar-refractivity contribution in [2.24, 2.45) is 5.73 Å². The average Bonchev–Trinajstić information content (AvgIpc) is 2.16. The predicted octanol–water partition coefficient (Wildman–Crippen LogP) is 0.0893. The Labute approximate surface area is 87.7 Å². The van der Waals surface area contributed by atoms with Crippen molar-refractivity contribution in [1.82, 2.24) is 0 Å². The molecule has 15 heavy (non-hydrogen) atoms. The number of carbonyl (C=O) groups is 1. The summed E-state index contributed by atoms with van der Waals surface area (Å²) in [5.41, 5.74) is 5.66. The molecule has 1 aromatic rings. The molecule has 4 heteroatoms. The molecule has 4 nitrogen and oxygen atoms in total. The molecule has 0 bridgehead atoms. The molecule has 0 aliphatic carbocycles. The second kappa shape index (κ2) is 3.64. The van der Waals surface area contributed by atoms with Gasteiger partial charge in [-0.2, -0.15) is 0 Å². The minimum Gasteiger partial charge on any atom is -0.385 e. The van der Waals surface area contributed by atoms with Gasteiger partial charge < -0.3 is 15.6 Å². The first-order valence-electron chi connectivity index (χ1n) is 4.79. The van der Waals surface area contributed by atoms with E-state index in [9.17, 15) is 9.90 Å². The van der Waals surface area contributed by atoms with Gasteiger partial charge in [0.25, 0.3) is 0 Å². The number of nitrogens with two attached hydrogens (primary N) is 1. The van der Waals surface area contributed by atoms with Gasteiger partial charge in [-0.1, -0.05) is 18.2 Å². The van der Waals surface area contributed by atoms with Crippen molar-refractivity contribution in [3.05, 3.63) is 35.4 Å². The minimum absolute atomic E-state index is 0.320. The van der Waals surface area contributed by atoms with E-state index in [1.54, 1.807) is 18.2 Å². The summed E-state index contributed by atoms with van der Waals surface area (Å²) < 4.78 is 4.94. The maximum absolute atomic E-state index is 11.1. The number of primary amides is 1. The summed E-state index contributed by atoms with van der Waals surface area (Å²) in [6.45, 7) is 0.639. The summed E-state index contributed by atoms with van der Waals surface area (Å²) in [5, 5.41) is 9.89. The van der Waals surface area contributed by atoms with Crippen LogP contribution in [0.5, 0.6) is 0 Å². The van der Waals surface area contributed by atoms with Crippen molar-refractivity contribution in [3.63, 3.8) is 0 Å². The number of amides is 1. The second-order valence-corrected chi connectivity index (χ2v) is 3.92. The molecule has 3 N–H and O–H groups in total. The summed E-state index contributed by atoms with van der Waals surface area (Å²) in [7, 11) is 0. The third-order valence-corrected chi connectivity index (χ3v) is 2.54. The summed E-state index contributed by atoms with van der Waals surface area (Å²) in [6, 6.07) is 7.05. The van der Waals surface area contributed by atoms with Gasteiger partial charge >= 0.3 is 0 Å². The highest BCUT2D eigenvalue weighted by Crippen LogP contribution is 2.23. The Kier molecular flexibility index (Phi) is 2.46. The van der Waals surface area contributed by atoms with Crippen LogP contribution in [0.15, 0.2) is 24.3 Å². The van der Waals surface area contributed by atoms with E-state index in [2.05, 4.69) is 0 Å². The third-order valence-electron chi connectivity index (χ3n) is 2.54. The zero-order chi connectivity index (χ0) is 10.9. The molecule has 80 valence electrons. The Bertz CT molecular complexity index is 385. The molecule has 1 aliphatic rings. The fourth-order valence-corrected chi connectivity index (χ4v) is 1.71. The molecule has 1 aliphatic heterocycles. The van der Waals surface area contributed by atoms with Gasteiger partial charge in [-0.3, -0.25) is 4.79 Å². The standard InChI is InChI=1S/C11H13NO3/c12-10(13)9-4-2-1-3-8(9)5-11(14)6-15-7-11/h1-4,14H,5-7H2,(H2,12,13). The van der Waals surface area contributed by atoms with Crippen molar-refractivity contribution in [3.8, 4) is 0 Å². The van der Waals surface area contributed by atoms with Gasteiger partial charge in [-0.05, 0) is 11.6 Å². The molecule has 0 radical (unpaired) electrons. The van der Waals surface area contributed by atoms with Gasteiger partial charge in [0.15, 0.2) is 0 Å². The molecule has 0 unspecified atom stereocenters. The van der Waals surface area contributed by atoms with E-state index in [1.807, 2.05) is 6.07 Å². The Hall–Kier alpha value is -1.39. The quantitative estimate of drug-likeness (QED) is 0.737. The van der Waals surface area contributed by atoms with E-state index >= 15 is 0 Å². The maximum Gasteiger partial charge on any atom is 0.248 e. The molecule has 0 atom stereocenters. The van der Waals surface area contributed by atoms with E-state index in [4.69, 9.17) is 10.5 Å². The average molecular weight is 207 g/mol. The van der Waals surface area contributed by atoms with Crippen molar-refractivity contribution in [1.29, 1.82) is 0 Å². The number of rotatable bonds is 3. The highest BCUT2D eigenvalue weighted by Gasteiger charge is 2.36. The number of ether oxygens (including phenoxy) is 1. The lowest BCUT2D eigenvalue weighted by Gasteiger charge is -2.36. The van der Waals surface area contributed by atoms with Gasteiger partial charge in [0, 0.05) is 12.0 Å². The molecular weight excluding hydrogens is 194 g/mol.